The molecule has 0 aromatic heterocycles. The fourth-order valence-electron chi connectivity index (χ4n) is 2.76. The van der Waals surface area contributed by atoms with Crippen LogP contribution in [0.3, 0.4) is 0 Å². The van der Waals surface area contributed by atoms with Gasteiger partial charge in [0.05, 0.1) is 0 Å². The van der Waals surface area contributed by atoms with Crippen molar-refractivity contribution >= 4 is 0 Å². The largest absolute Gasteiger partial charge is 0.0625 e. The fourth-order valence-corrected chi connectivity index (χ4v) is 2.76. The molecule has 1 saturated carbocycles. The van der Waals surface area contributed by atoms with Gasteiger partial charge in [-0.05, 0) is 42.7 Å². The average molecular weight is 188 g/mol. The average Bonchev–Trinajstić information content (AvgIpc) is 2.18. The van der Waals surface area contributed by atoms with Gasteiger partial charge in [0.15, 0.2) is 0 Å². The highest BCUT2D eigenvalue weighted by atomic mass is 14.3. The number of aryl methyl sites for hydroxylation is 1. The molecule has 0 amide bonds. The van der Waals surface area contributed by atoms with E-state index >= 15 is 0 Å². The first-order valence-corrected chi connectivity index (χ1v) is 5.83. The Labute approximate surface area is 87.3 Å². The molecule has 1 fully saturated rings. The van der Waals surface area contributed by atoms with Gasteiger partial charge in [-0.15, -0.1) is 0 Å². The molecule has 2 atom stereocenters. The van der Waals surface area contributed by atoms with E-state index in [0.717, 1.165) is 11.8 Å². The summed E-state index contributed by atoms with van der Waals surface area (Å²) in [6.07, 6.45) is 5.64. The van der Waals surface area contributed by atoms with Gasteiger partial charge in [0.25, 0.3) is 0 Å². The van der Waals surface area contributed by atoms with Crippen LogP contribution in [0.5, 0.6) is 0 Å². The van der Waals surface area contributed by atoms with Crippen LogP contribution in [0.4, 0.5) is 0 Å². The van der Waals surface area contributed by atoms with Crippen LogP contribution in [0.1, 0.15) is 49.7 Å². The summed E-state index contributed by atoms with van der Waals surface area (Å²) in [6, 6.07) is 8.89. The van der Waals surface area contributed by atoms with Crippen LogP contribution in [0, 0.1) is 12.8 Å². The Morgan fingerprint density at radius 3 is 2.64 bits per heavy atom. The topological polar surface area (TPSA) is 0 Å². The second kappa shape index (κ2) is 4.16. The Kier molecular flexibility index (Phi) is 2.90. The van der Waals surface area contributed by atoms with Crippen molar-refractivity contribution in [2.75, 3.05) is 0 Å². The van der Waals surface area contributed by atoms with Gasteiger partial charge in [0, 0.05) is 0 Å². The molecule has 0 radical (unpaired) electrons. The van der Waals surface area contributed by atoms with E-state index in [1.165, 1.54) is 31.2 Å². The van der Waals surface area contributed by atoms with Crippen LogP contribution < -0.4 is 0 Å². The van der Waals surface area contributed by atoms with E-state index in [4.69, 9.17) is 0 Å². The Morgan fingerprint density at radius 1 is 1.14 bits per heavy atom. The van der Waals surface area contributed by atoms with E-state index in [1.54, 1.807) is 5.56 Å². The van der Waals surface area contributed by atoms with Gasteiger partial charge in [-0.3, -0.25) is 0 Å². The Balaban J connectivity index is 2.18. The minimum Gasteiger partial charge on any atom is -0.0625 e. The lowest BCUT2D eigenvalue weighted by Crippen LogP contribution is -2.12. The summed E-state index contributed by atoms with van der Waals surface area (Å²) in [6.45, 7) is 4.64. The third-order valence-electron chi connectivity index (χ3n) is 3.56. The molecule has 0 spiro atoms. The van der Waals surface area contributed by atoms with Crippen LogP contribution in [0.2, 0.25) is 0 Å². The zero-order chi connectivity index (χ0) is 9.97. The Morgan fingerprint density at radius 2 is 1.93 bits per heavy atom. The molecular weight excluding hydrogens is 168 g/mol. The zero-order valence-electron chi connectivity index (χ0n) is 9.29. The van der Waals surface area contributed by atoms with Crippen molar-refractivity contribution in [3.63, 3.8) is 0 Å². The van der Waals surface area contributed by atoms with E-state index in [2.05, 4.69) is 38.1 Å². The third kappa shape index (κ3) is 2.00. The first-order chi connectivity index (χ1) is 6.77. The van der Waals surface area contributed by atoms with Crippen LogP contribution >= 0.6 is 0 Å². The van der Waals surface area contributed by atoms with Gasteiger partial charge in [-0.2, -0.15) is 0 Å². The van der Waals surface area contributed by atoms with Crippen LogP contribution in [0.15, 0.2) is 24.3 Å². The third-order valence-corrected chi connectivity index (χ3v) is 3.56. The molecule has 0 heteroatoms. The smallest absolute Gasteiger partial charge is 0.0157 e. The first-order valence-electron chi connectivity index (χ1n) is 5.83. The van der Waals surface area contributed by atoms with Gasteiger partial charge in [-0.1, -0.05) is 44.0 Å². The molecule has 76 valence electrons. The zero-order valence-corrected chi connectivity index (χ0v) is 9.29. The Hall–Kier alpha value is -0.780. The number of hydrogen-bond acceptors (Lipinski definition) is 0. The minimum absolute atomic E-state index is 0.833. The maximum absolute atomic E-state index is 2.39. The summed E-state index contributed by atoms with van der Waals surface area (Å²) in [7, 11) is 0. The lowest BCUT2D eigenvalue weighted by atomic mass is 9.78. The van der Waals surface area contributed by atoms with Crippen molar-refractivity contribution in [2.24, 2.45) is 5.92 Å². The Bertz CT molecular complexity index is 301. The quantitative estimate of drug-likeness (QED) is 0.616. The van der Waals surface area contributed by atoms with Gasteiger partial charge < -0.3 is 0 Å². The maximum Gasteiger partial charge on any atom is -0.0157 e. The number of hydrogen-bond donors (Lipinski definition) is 0. The summed E-state index contributed by atoms with van der Waals surface area (Å²) in [4.78, 5) is 0. The molecule has 0 aliphatic heterocycles. The van der Waals surface area contributed by atoms with E-state index in [1.807, 2.05) is 0 Å². The lowest BCUT2D eigenvalue weighted by Gasteiger charge is -2.28. The van der Waals surface area contributed by atoms with Gasteiger partial charge in [0.2, 0.25) is 0 Å². The highest BCUT2D eigenvalue weighted by Gasteiger charge is 2.20. The number of benzene rings is 1. The summed E-state index contributed by atoms with van der Waals surface area (Å²) < 4.78 is 0. The molecule has 0 unspecified atom stereocenters. The maximum atomic E-state index is 2.39. The van der Waals surface area contributed by atoms with E-state index < -0.39 is 0 Å². The second-order valence-electron chi connectivity index (χ2n) is 4.83. The fraction of sp³-hybridized carbons (Fsp3) is 0.571. The second-order valence-corrected chi connectivity index (χ2v) is 4.83. The van der Waals surface area contributed by atoms with Crippen LogP contribution in [-0.2, 0) is 0 Å². The van der Waals surface area contributed by atoms with E-state index in [9.17, 15) is 0 Å². The molecule has 0 heterocycles. The van der Waals surface area contributed by atoms with Crippen molar-refractivity contribution in [2.45, 2.75) is 45.4 Å². The van der Waals surface area contributed by atoms with Gasteiger partial charge >= 0.3 is 0 Å². The molecule has 0 bridgehead atoms. The van der Waals surface area contributed by atoms with Gasteiger partial charge in [-0.25, -0.2) is 0 Å². The molecular formula is C14H20. The summed E-state index contributed by atoms with van der Waals surface area (Å²) in [5.41, 5.74) is 3.07. The molecule has 14 heavy (non-hydrogen) atoms. The lowest BCUT2D eigenvalue weighted by molar-refractivity contribution is 0.343. The normalized spacial score (nSPS) is 27.6. The van der Waals surface area contributed by atoms with E-state index in [-0.39, 0.29) is 0 Å². The molecule has 1 aliphatic carbocycles. The predicted molar refractivity (Wildman–Crippen MR) is 61.6 cm³/mol. The molecule has 2 rings (SSSR count). The molecule has 0 saturated heterocycles. The molecule has 1 aromatic carbocycles. The summed E-state index contributed by atoms with van der Waals surface area (Å²) >= 11 is 0. The highest BCUT2D eigenvalue weighted by molar-refractivity contribution is 5.29. The SMILES string of the molecule is Cc1ccccc1[C@H]1CCC[C@H](C)C1. The molecule has 0 N–H and O–H groups in total. The molecule has 1 aromatic rings. The monoisotopic (exact) mass is 188 g/mol. The molecule has 0 nitrogen and oxygen atoms in total. The standard InChI is InChI=1S/C14H20/c1-11-6-5-8-13(10-11)14-9-4-3-7-12(14)2/h3-4,7,9,11,13H,5-6,8,10H2,1-2H3/t11-,13-/m0/s1. The first kappa shape index (κ1) is 9.76. The number of rotatable bonds is 1. The molecule has 1 aliphatic rings. The van der Waals surface area contributed by atoms with Crippen molar-refractivity contribution in [1.29, 1.82) is 0 Å². The summed E-state index contributed by atoms with van der Waals surface area (Å²) in [5.74, 6) is 1.76. The van der Waals surface area contributed by atoms with E-state index in [0.29, 0.717) is 0 Å². The van der Waals surface area contributed by atoms with Crippen molar-refractivity contribution in [3.8, 4) is 0 Å². The van der Waals surface area contributed by atoms with Crippen LogP contribution in [0.25, 0.3) is 0 Å². The highest BCUT2D eigenvalue weighted by Crippen LogP contribution is 2.36. The van der Waals surface area contributed by atoms with Crippen molar-refractivity contribution in [1.82, 2.24) is 0 Å². The van der Waals surface area contributed by atoms with Crippen molar-refractivity contribution in [3.05, 3.63) is 35.4 Å². The predicted octanol–water partition coefficient (Wildman–Crippen LogP) is 4.29. The van der Waals surface area contributed by atoms with Crippen LogP contribution in [-0.4, -0.2) is 0 Å². The van der Waals surface area contributed by atoms with Gasteiger partial charge in [0.1, 0.15) is 0 Å². The summed E-state index contributed by atoms with van der Waals surface area (Å²) in [5, 5.41) is 0. The van der Waals surface area contributed by atoms with Crippen molar-refractivity contribution < 1.29 is 0 Å². The minimum atomic E-state index is 0.833.